The predicted molar refractivity (Wildman–Crippen MR) is 76.0 cm³/mol. The molecule has 1 rings (SSSR count). The minimum absolute atomic E-state index is 0.631. The summed E-state index contributed by atoms with van der Waals surface area (Å²) in [5, 5.41) is 4.63. The molecule has 0 amide bonds. The summed E-state index contributed by atoms with van der Waals surface area (Å²) in [6.45, 7) is 9.16. The number of rotatable bonds is 7. The van der Waals surface area contributed by atoms with Crippen molar-refractivity contribution in [2.75, 3.05) is 26.2 Å². The third-order valence-corrected chi connectivity index (χ3v) is 3.59. The number of nitrogens with one attached hydrogen (secondary N) is 1. The number of benzene rings is 1. The maximum absolute atomic E-state index is 6.18. The molecule has 96 valence electrons. The van der Waals surface area contributed by atoms with Gasteiger partial charge in [-0.2, -0.15) is 0 Å². The zero-order valence-corrected chi connectivity index (χ0v) is 12.0. The second-order valence-corrected chi connectivity index (χ2v) is 4.72. The Balaban J connectivity index is 2.57. The minimum Gasteiger partial charge on any atom is -0.316 e. The highest BCUT2D eigenvalue weighted by Crippen LogP contribution is 2.26. The van der Waals surface area contributed by atoms with Gasteiger partial charge in [-0.1, -0.05) is 49.2 Å². The fourth-order valence-corrected chi connectivity index (χ4v) is 2.05. The second-order valence-electron chi connectivity index (χ2n) is 3.94. The van der Waals surface area contributed by atoms with Gasteiger partial charge >= 0.3 is 0 Å². The number of hydrogen-bond donors (Lipinski definition) is 1. The third kappa shape index (κ3) is 4.84. The van der Waals surface area contributed by atoms with Gasteiger partial charge in [-0.25, -0.2) is 0 Å². The summed E-state index contributed by atoms with van der Waals surface area (Å²) in [6.07, 6.45) is 0. The number of likely N-dealkylation sites (N-methyl/N-ethyl adjacent to an activating group) is 2. The summed E-state index contributed by atoms with van der Waals surface area (Å²) in [5.74, 6) is 0. The van der Waals surface area contributed by atoms with Crippen LogP contribution < -0.4 is 5.32 Å². The molecule has 0 unspecified atom stereocenters. The molecule has 4 heteroatoms. The Morgan fingerprint density at radius 3 is 2.65 bits per heavy atom. The van der Waals surface area contributed by atoms with Crippen molar-refractivity contribution in [1.29, 1.82) is 0 Å². The fraction of sp³-hybridized carbons (Fsp3) is 0.538. The van der Waals surface area contributed by atoms with Crippen LogP contribution >= 0.6 is 23.2 Å². The first-order valence-electron chi connectivity index (χ1n) is 6.05. The lowest BCUT2D eigenvalue weighted by atomic mass is 10.2. The molecule has 1 aromatic rings. The van der Waals surface area contributed by atoms with Crippen LogP contribution in [0.1, 0.15) is 19.4 Å². The van der Waals surface area contributed by atoms with E-state index in [0.29, 0.717) is 10.0 Å². The lowest BCUT2D eigenvalue weighted by molar-refractivity contribution is 0.280. The zero-order valence-electron chi connectivity index (χ0n) is 10.5. The molecule has 0 aliphatic rings. The maximum Gasteiger partial charge on any atom is 0.0637 e. The van der Waals surface area contributed by atoms with Gasteiger partial charge < -0.3 is 5.32 Å². The van der Waals surface area contributed by atoms with Crippen LogP contribution in [-0.2, 0) is 6.54 Å². The van der Waals surface area contributed by atoms with E-state index >= 15 is 0 Å². The van der Waals surface area contributed by atoms with Crippen LogP contribution in [0.15, 0.2) is 18.2 Å². The lowest BCUT2D eigenvalue weighted by Gasteiger charge is -2.21. The van der Waals surface area contributed by atoms with E-state index in [0.717, 1.165) is 38.3 Å². The van der Waals surface area contributed by atoms with Crippen molar-refractivity contribution < 1.29 is 0 Å². The van der Waals surface area contributed by atoms with Crippen LogP contribution in [0.5, 0.6) is 0 Å². The van der Waals surface area contributed by atoms with Crippen molar-refractivity contribution >= 4 is 23.2 Å². The summed E-state index contributed by atoms with van der Waals surface area (Å²) in [5.41, 5.74) is 1.09. The molecule has 0 fully saturated rings. The van der Waals surface area contributed by atoms with Gasteiger partial charge in [0.25, 0.3) is 0 Å². The van der Waals surface area contributed by atoms with Crippen molar-refractivity contribution in [3.8, 4) is 0 Å². The molecule has 0 bridgehead atoms. The van der Waals surface area contributed by atoms with E-state index in [9.17, 15) is 0 Å². The van der Waals surface area contributed by atoms with Gasteiger partial charge in [0.2, 0.25) is 0 Å². The number of nitrogens with zero attached hydrogens (tertiary/aromatic N) is 1. The van der Waals surface area contributed by atoms with Gasteiger partial charge in [-0.15, -0.1) is 0 Å². The van der Waals surface area contributed by atoms with Gasteiger partial charge in [-0.3, -0.25) is 4.90 Å². The normalized spacial score (nSPS) is 11.1. The topological polar surface area (TPSA) is 15.3 Å². The van der Waals surface area contributed by atoms with E-state index in [-0.39, 0.29) is 0 Å². The molecular weight excluding hydrogens is 255 g/mol. The highest BCUT2D eigenvalue weighted by Gasteiger charge is 2.08. The molecule has 1 N–H and O–H groups in total. The molecule has 2 nitrogen and oxygen atoms in total. The summed E-state index contributed by atoms with van der Waals surface area (Å²) >= 11 is 12.2. The van der Waals surface area contributed by atoms with E-state index in [4.69, 9.17) is 23.2 Å². The number of hydrogen-bond acceptors (Lipinski definition) is 2. The first-order chi connectivity index (χ1) is 8.19. The molecule has 0 heterocycles. The Labute approximate surface area is 114 Å². The van der Waals surface area contributed by atoms with Crippen molar-refractivity contribution in [3.05, 3.63) is 33.8 Å². The summed E-state index contributed by atoms with van der Waals surface area (Å²) in [7, 11) is 0. The average molecular weight is 275 g/mol. The smallest absolute Gasteiger partial charge is 0.0637 e. The largest absolute Gasteiger partial charge is 0.316 e. The van der Waals surface area contributed by atoms with Crippen LogP contribution in [0.4, 0.5) is 0 Å². The second kappa shape index (κ2) is 7.93. The Morgan fingerprint density at radius 1 is 1.24 bits per heavy atom. The lowest BCUT2D eigenvalue weighted by Crippen LogP contribution is -2.31. The van der Waals surface area contributed by atoms with Gasteiger partial charge in [0.05, 0.1) is 10.0 Å². The van der Waals surface area contributed by atoms with E-state index in [1.165, 1.54) is 0 Å². The molecule has 0 spiro atoms. The standard InChI is InChI=1S/C13H20Cl2N2/c1-3-16-8-9-17(4-2)10-11-6-5-7-12(14)13(11)15/h5-7,16H,3-4,8-10H2,1-2H3. The van der Waals surface area contributed by atoms with Crippen molar-refractivity contribution in [1.82, 2.24) is 10.2 Å². The molecule has 1 aromatic carbocycles. The fourth-order valence-electron chi connectivity index (χ4n) is 1.67. The summed E-state index contributed by atoms with van der Waals surface area (Å²) in [4.78, 5) is 2.35. The van der Waals surface area contributed by atoms with E-state index in [1.807, 2.05) is 18.2 Å². The van der Waals surface area contributed by atoms with Crippen LogP contribution in [-0.4, -0.2) is 31.1 Å². The Bertz CT molecular complexity index is 342. The molecule has 0 radical (unpaired) electrons. The first kappa shape index (κ1) is 14.8. The van der Waals surface area contributed by atoms with Crippen molar-refractivity contribution in [2.45, 2.75) is 20.4 Å². The highest BCUT2D eigenvalue weighted by molar-refractivity contribution is 6.42. The number of halogens is 2. The minimum atomic E-state index is 0.631. The molecule has 0 aliphatic carbocycles. The molecule has 17 heavy (non-hydrogen) atoms. The SMILES string of the molecule is CCNCCN(CC)Cc1cccc(Cl)c1Cl. The van der Waals surface area contributed by atoms with E-state index < -0.39 is 0 Å². The van der Waals surface area contributed by atoms with Crippen LogP contribution in [0.2, 0.25) is 10.0 Å². The Kier molecular flexibility index (Phi) is 6.90. The highest BCUT2D eigenvalue weighted by atomic mass is 35.5. The van der Waals surface area contributed by atoms with Crippen LogP contribution in [0.25, 0.3) is 0 Å². The van der Waals surface area contributed by atoms with Gasteiger partial charge in [0.1, 0.15) is 0 Å². The maximum atomic E-state index is 6.18. The predicted octanol–water partition coefficient (Wildman–Crippen LogP) is 3.42. The molecule has 0 saturated carbocycles. The van der Waals surface area contributed by atoms with Crippen LogP contribution in [0, 0.1) is 0 Å². The zero-order chi connectivity index (χ0) is 12.7. The molecule has 0 aromatic heterocycles. The van der Waals surface area contributed by atoms with Gasteiger partial charge in [0, 0.05) is 19.6 Å². The van der Waals surface area contributed by atoms with Gasteiger partial charge in [0.15, 0.2) is 0 Å². The van der Waals surface area contributed by atoms with Gasteiger partial charge in [-0.05, 0) is 24.7 Å². The monoisotopic (exact) mass is 274 g/mol. The van der Waals surface area contributed by atoms with Crippen molar-refractivity contribution in [3.63, 3.8) is 0 Å². The Hall–Kier alpha value is -0.280. The Morgan fingerprint density at radius 2 is 2.00 bits per heavy atom. The molecule has 0 aliphatic heterocycles. The first-order valence-corrected chi connectivity index (χ1v) is 6.80. The van der Waals surface area contributed by atoms with Crippen molar-refractivity contribution in [2.24, 2.45) is 0 Å². The van der Waals surface area contributed by atoms with Crippen LogP contribution in [0.3, 0.4) is 0 Å². The third-order valence-electron chi connectivity index (χ3n) is 2.73. The van der Waals surface area contributed by atoms with E-state index in [2.05, 4.69) is 24.1 Å². The summed E-state index contributed by atoms with van der Waals surface area (Å²) in [6, 6.07) is 5.80. The quantitative estimate of drug-likeness (QED) is 0.767. The average Bonchev–Trinajstić information content (AvgIpc) is 2.33. The summed E-state index contributed by atoms with van der Waals surface area (Å²) < 4.78 is 0. The molecular formula is C13H20Cl2N2. The van der Waals surface area contributed by atoms with E-state index in [1.54, 1.807) is 0 Å². The molecule has 0 atom stereocenters. The molecule has 0 saturated heterocycles.